The van der Waals surface area contributed by atoms with E-state index < -0.39 is 49.4 Å². The second-order valence-electron chi connectivity index (χ2n) is 9.37. The Balaban J connectivity index is 1.38. The predicted molar refractivity (Wildman–Crippen MR) is 145 cm³/mol. The molecule has 0 bridgehead atoms. The number of benzene rings is 3. The van der Waals surface area contributed by atoms with E-state index in [9.17, 15) is 22.0 Å². The molecule has 0 radical (unpaired) electrons. The zero-order chi connectivity index (χ0) is 28.2. The maximum atomic E-state index is 15.5. The summed E-state index contributed by atoms with van der Waals surface area (Å²) in [7, 11) is -4.44. The SMILES string of the molecule is CC1=Nc2cc(-c3cnc4[nH]cc(C(=O)c5c(F)ccc(NS(=O)(=O)c6cccc(F)c6)c5F)c4c3)ccc2C1. The summed E-state index contributed by atoms with van der Waals surface area (Å²) in [5.74, 6) is -4.41. The lowest BCUT2D eigenvalue weighted by molar-refractivity contribution is 0.103. The molecule has 1 aliphatic heterocycles. The fourth-order valence-corrected chi connectivity index (χ4v) is 5.77. The summed E-state index contributed by atoms with van der Waals surface area (Å²) in [6.07, 6.45) is 3.68. The molecule has 0 saturated carbocycles. The van der Waals surface area contributed by atoms with Gasteiger partial charge in [0.2, 0.25) is 5.78 Å². The van der Waals surface area contributed by atoms with Gasteiger partial charge in [0.25, 0.3) is 10.0 Å². The Morgan fingerprint density at radius 2 is 1.82 bits per heavy atom. The van der Waals surface area contributed by atoms with Crippen LogP contribution in [0.5, 0.6) is 0 Å². The van der Waals surface area contributed by atoms with E-state index in [-0.39, 0.29) is 5.56 Å². The first-order chi connectivity index (χ1) is 19.1. The number of anilines is 1. The van der Waals surface area contributed by atoms with Crippen molar-refractivity contribution in [3.63, 3.8) is 0 Å². The number of hydrogen-bond acceptors (Lipinski definition) is 5. The summed E-state index contributed by atoms with van der Waals surface area (Å²) in [5.41, 5.74) is 3.08. The first-order valence-corrected chi connectivity index (χ1v) is 13.5. The van der Waals surface area contributed by atoms with Gasteiger partial charge in [-0.2, -0.15) is 0 Å². The number of carbonyl (C=O) groups excluding carboxylic acids is 1. The minimum absolute atomic E-state index is 0.0534. The van der Waals surface area contributed by atoms with Crippen LogP contribution in [0.4, 0.5) is 24.5 Å². The van der Waals surface area contributed by atoms with Gasteiger partial charge in [-0.15, -0.1) is 0 Å². The quantitative estimate of drug-likeness (QED) is 0.237. The molecule has 0 aliphatic carbocycles. The summed E-state index contributed by atoms with van der Waals surface area (Å²) >= 11 is 0. The number of fused-ring (bicyclic) bond motifs is 2. The molecular weight excluding hydrogens is 541 g/mol. The number of ketones is 1. The van der Waals surface area contributed by atoms with Crippen molar-refractivity contribution in [1.29, 1.82) is 0 Å². The number of nitrogens with zero attached hydrogens (tertiary/aromatic N) is 2. The average Bonchev–Trinajstić information content (AvgIpc) is 3.52. The fourth-order valence-electron chi connectivity index (χ4n) is 4.68. The monoisotopic (exact) mass is 560 g/mol. The van der Waals surface area contributed by atoms with Crippen molar-refractivity contribution < 1.29 is 26.4 Å². The van der Waals surface area contributed by atoms with Gasteiger partial charge < -0.3 is 4.98 Å². The molecule has 6 rings (SSSR count). The summed E-state index contributed by atoms with van der Waals surface area (Å²) < 4.78 is 71.3. The second kappa shape index (κ2) is 9.45. The van der Waals surface area contributed by atoms with Gasteiger partial charge in [-0.1, -0.05) is 18.2 Å². The molecule has 0 unspecified atom stereocenters. The van der Waals surface area contributed by atoms with Crippen LogP contribution in [0.25, 0.3) is 22.2 Å². The van der Waals surface area contributed by atoms with Crippen LogP contribution < -0.4 is 4.72 Å². The number of aliphatic imine (C=N–C) groups is 1. The number of pyridine rings is 1. The van der Waals surface area contributed by atoms with Crippen molar-refractivity contribution in [3.05, 3.63) is 107 Å². The summed E-state index contributed by atoms with van der Waals surface area (Å²) in [6, 6.07) is 13.2. The van der Waals surface area contributed by atoms with Crippen LogP contribution in [-0.4, -0.2) is 29.9 Å². The average molecular weight is 561 g/mol. The van der Waals surface area contributed by atoms with Crippen molar-refractivity contribution in [1.82, 2.24) is 9.97 Å². The number of carbonyl (C=O) groups is 1. The fraction of sp³-hybridized carbons (Fsp3) is 0.0690. The van der Waals surface area contributed by atoms with Crippen molar-refractivity contribution >= 4 is 43.9 Å². The van der Waals surface area contributed by atoms with Crippen LogP contribution in [0.2, 0.25) is 0 Å². The number of aromatic amines is 1. The molecule has 0 fully saturated rings. The summed E-state index contributed by atoms with van der Waals surface area (Å²) in [4.78, 5) is 24.7. The number of hydrogen-bond donors (Lipinski definition) is 2. The van der Waals surface area contributed by atoms with E-state index >= 15 is 4.39 Å². The standard InChI is InChI=1S/C29H19F3N4O3S/c1-15-9-17-6-5-16(11-25(17)35-15)18-10-21-22(14-34-29(21)33-13-18)28(37)26-23(31)7-8-24(27(26)32)36-40(38,39)20-4-2-3-19(30)12-20/h2-8,10-14,36H,9H2,1H3,(H,33,34). The third kappa shape index (κ3) is 4.43. The van der Waals surface area contributed by atoms with E-state index in [1.807, 2.05) is 29.8 Å². The number of rotatable bonds is 6. The van der Waals surface area contributed by atoms with Crippen LogP contribution >= 0.6 is 0 Å². The van der Waals surface area contributed by atoms with Crippen LogP contribution in [-0.2, 0) is 16.4 Å². The maximum absolute atomic E-state index is 15.5. The highest BCUT2D eigenvalue weighted by atomic mass is 32.2. The highest BCUT2D eigenvalue weighted by molar-refractivity contribution is 7.92. The molecular formula is C29H19F3N4O3S. The molecule has 2 N–H and O–H groups in total. The van der Waals surface area contributed by atoms with Gasteiger partial charge >= 0.3 is 0 Å². The largest absolute Gasteiger partial charge is 0.345 e. The van der Waals surface area contributed by atoms with Crippen LogP contribution in [0.1, 0.15) is 28.4 Å². The Kier molecular flexibility index (Phi) is 6.03. The summed E-state index contributed by atoms with van der Waals surface area (Å²) in [5, 5.41) is 0.326. The van der Waals surface area contributed by atoms with Crippen molar-refractivity contribution in [2.45, 2.75) is 18.2 Å². The topological polar surface area (TPSA) is 104 Å². The van der Waals surface area contributed by atoms with E-state index in [1.54, 1.807) is 12.3 Å². The van der Waals surface area contributed by atoms with Crippen molar-refractivity contribution in [2.24, 2.45) is 4.99 Å². The third-order valence-corrected chi connectivity index (χ3v) is 7.98. The van der Waals surface area contributed by atoms with Crippen LogP contribution in [0, 0.1) is 17.5 Å². The Morgan fingerprint density at radius 3 is 2.62 bits per heavy atom. The molecule has 5 aromatic rings. The minimum atomic E-state index is -4.44. The minimum Gasteiger partial charge on any atom is -0.345 e. The number of H-pyrrole nitrogens is 1. The smallest absolute Gasteiger partial charge is 0.262 e. The number of nitrogens with one attached hydrogen (secondary N) is 2. The van der Waals surface area contributed by atoms with Crippen LogP contribution in [0.3, 0.4) is 0 Å². The molecule has 0 amide bonds. The van der Waals surface area contributed by atoms with E-state index in [4.69, 9.17) is 0 Å². The zero-order valence-electron chi connectivity index (χ0n) is 20.8. The Labute approximate surface area is 226 Å². The van der Waals surface area contributed by atoms with E-state index in [0.29, 0.717) is 16.6 Å². The summed E-state index contributed by atoms with van der Waals surface area (Å²) in [6.45, 7) is 1.95. The number of halogens is 3. The van der Waals surface area contributed by atoms with Crippen LogP contribution in [0.15, 0.2) is 82.9 Å². The van der Waals surface area contributed by atoms with Gasteiger partial charge in [0, 0.05) is 41.0 Å². The van der Waals surface area contributed by atoms with Gasteiger partial charge in [0.15, 0.2) is 5.82 Å². The Hall–Kier alpha value is -4.77. The number of aromatic nitrogens is 2. The molecule has 0 atom stereocenters. The zero-order valence-corrected chi connectivity index (χ0v) is 21.6. The highest BCUT2D eigenvalue weighted by Gasteiger charge is 2.27. The van der Waals surface area contributed by atoms with Crippen molar-refractivity contribution in [2.75, 3.05) is 4.72 Å². The second-order valence-corrected chi connectivity index (χ2v) is 11.0. The Morgan fingerprint density at radius 1 is 1.00 bits per heavy atom. The van der Waals surface area contributed by atoms with Gasteiger partial charge in [-0.05, 0) is 60.5 Å². The number of sulfonamides is 1. The highest BCUT2D eigenvalue weighted by Crippen LogP contribution is 2.34. The first kappa shape index (κ1) is 25.5. The molecule has 11 heteroatoms. The molecule has 3 aromatic carbocycles. The lowest BCUT2D eigenvalue weighted by Crippen LogP contribution is -2.16. The molecule has 3 heterocycles. The maximum Gasteiger partial charge on any atom is 0.262 e. The normalized spacial score (nSPS) is 12.8. The van der Waals surface area contributed by atoms with E-state index in [0.717, 1.165) is 59.3 Å². The van der Waals surface area contributed by atoms with Gasteiger partial charge in [0.1, 0.15) is 17.3 Å². The predicted octanol–water partition coefficient (Wildman–Crippen LogP) is 6.33. The molecule has 200 valence electrons. The molecule has 0 spiro atoms. The molecule has 7 nitrogen and oxygen atoms in total. The lowest BCUT2D eigenvalue weighted by Gasteiger charge is -2.12. The van der Waals surface area contributed by atoms with E-state index in [1.165, 1.54) is 12.3 Å². The van der Waals surface area contributed by atoms with Gasteiger partial charge in [0.05, 0.1) is 21.8 Å². The van der Waals surface area contributed by atoms with Crippen molar-refractivity contribution in [3.8, 4) is 11.1 Å². The Bertz CT molecular complexity index is 2000. The van der Waals surface area contributed by atoms with E-state index in [2.05, 4.69) is 15.0 Å². The third-order valence-electron chi connectivity index (χ3n) is 6.62. The molecule has 1 aliphatic rings. The molecule has 0 saturated heterocycles. The molecule has 40 heavy (non-hydrogen) atoms. The first-order valence-electron chi connectivity index (χ1n) is 12.1. The van der Waals surface area contributed by atoms with Gasteiger partial charge in [-0.3, -0.25) is 14.5 Å². The lowest BCUT2D eigenvalue weighted by atomic mass is 9.99. The van der Waals surface area contributed by atoms with Gasteiger partial charge in [-0.25, -0.2) is 26.6 Å². The molecule has 2 aromatic heterocycles.